The van der Waals surface area contributed by atoms with Crippen LogP contribution in [0, 0.1) is 0 Å². The highest BCUT2D eigenvalue weighted by Gasteiger charge is 2.43. The summed E-state index contributed by atoms with van der Waals surface area (Å²) in [5.41, 5.74) is -1.24. The zero-order valence-corrected chi connectivity index (χ0v) is 20.0. The van der Waals surface area contributed by atoms with Gasteiger partial charge in [-0.25, -0.2) is 4.39 Å². The summed E-state index contributed by atoms with van der Waals surface area (Å²) < 4.78 is 62.7. The topological polar surface area (TPSA) is 84.0 Å². The number of H-pyrrole nitrogens is 1. The highest BCUT2D eigenvalue weighted by Crippen LogP contribution is 2.37. The molecule has 4 rings (SSSR count). The van der Waals surface area contributed by atoms with Crippen molar-refractivity contribution < 1.29 is 22.3 Å². The van der Waals surface area contributed by atoms with E-state index in [0.717, 1.165) is 0 Å². The number of benzene rings is 1. The average molecular weight is 496 g/mol. The number of aromatic amines is 1. The zero-order chi connectivity index (χ0) is 25.6. The maximum absolute atomic E-state index is 14.9. The molecule has 0 bridgehead atoms. The Bertz CT molecular complexity index is 1250. The molecule has 0 saturated carbocycles. The molecular weight excluding hydrogens is 466 g/mol. The lowest BCUT2D eigenvalue weighted by Crippen LogP contribution is -2.47. The van der Waals surface area contributed by atoms with Crippen LogP contribution >= 0.6 is 0 Å². The van der Waals surface area contributed by atoms with Crippen molar-refractivity contribution in [3.05, 3.63) is 52.4 Å². The Balaban J connectivity index is 1.70. The van der Waals surface area contributed by atoms with Crippen molar-refractivity contribution in [1.82, 2.24) is 20.1 Å². The molecule has 3 aromatic rings. The molecule has 2 aromatic heterocycles. The first-order valence-electron chi connectivity index (χ1n) is 11.3. The van der Waals surface area contributed by atoms with E-state index in [4.69, 9.17) is 4.74 Å². The minimum atomic E-state index is -4.48. The maximum atomic E-state index is 14.9. The van der Waals surface area contributed by atoms with E-state index in [0.29, 0.717) is 24.2 Å². The summed E-state index contributed by atoms with van der Waals surface area (Å²) >= 11 is 0. The van der Waals surface area contributed by atoms with Crippen molar-refractivity contribution in [1.29, 1.82) is 0 Å². The van der Waals surface area contributed by atoms with Gasteiger partial charge in [-0.3, -0.25) is 14.8 Å². The molecule has 11 heteroatoms. The number of aromatic nitrogens is 3. The van der Waals surface area contributed by atoms with Crippen LogP contribution in [0.5, 0.6) is 0 Å². The molecule has 3 heterocycles. The number of nitrogens with zero attached hydrogens (tertiary/aromatic N) is 2. The molecule has 0 aliphatic carbocycles. The Hall–Kier alpha value is -2.92. The number of pyridine rings is 1. The standard InChI is InChI=1S/C24H29F4N5O2/c1-22(2,3)31-19(24(26,27)28)14-5-7-15(8-6-14)30-20-18-16(9-11-29-21(18)34)33(32-20)23(4)10-12-35-13-17(23)25/h5-9,11,17,19,31H,10,12-13H2,1-4H3,(H,29,34)(H,30,32)/t17-,19+,23+/m0/s1. The number of halogens is 4. The molecule has 1 saturated heterocycles. The number of hydrogen-bond acceptors (Lipinski definition) is 5. The van der Waals surface area contributed by atoms with Gasteiger partial charge in [0.15, 0.2) is 5.82 Å². The van der Waals surface area contributed by atoms with E-state index >= 15 is 0 Å². The van der Waals surface area contributed by atoms with Crippen molar-refractivity contribution in [2.45, 2.75) is 63.6 Å². The van der Waals surface area contributed by atoms with E-state index in [1.54, 1.807) is 33.8 Å². The molecule has 0 amide bonds. The van der Waals surface area contributed by atoms with Crippen LogP contribution in [0.15, 0.2) is 41.3 Å². The molecule has 35 heavy (non-hydrogen) atoms. The summed E-state index contributed by atoms with van der Waals surface area (Å²) in [6, 6.07) is 5.55. The summed E-state index contributed by atoms with van der Waals surface area (Å²) in [5, 5.41) is 10.4. The quantitative estimate of drug-likeness (QED) is 0.437. The Morgan fingerprint density at radius 2 is 1.89 bits per heavy atom. The van der Waals surface area contributed by atoms with E-state index < -0.39 is 35.0 Å². The first-order chi connectivity index (χ1) is 16.3. The SMILES string of the molecule is CC(C)(C)N[C@H](c1ccc(Nc2nn([C@]3(C)CCOC[C@@H]3F)c3cc[nH]c(=O)c23)cc1)C(F)(F)F. The van der Waals surface area contributed by atoms with Crippen molar-refractivity contribution in [2.24, 2.45) is 0 Å². The van der Waals surface area contributed by atoms with E-state index in [1.807, 2.05) is 0 Å². The number of alkyl halides is 4. The van der Waals surface area contributed by atoms with Crippen LogP contribution < -0.4 is 16.2 Å². The van der Waals surface area contributed by atoms with Crippen LogP contribution in [0.4, 0.5) is 29.1 Å². The molecule has 3 N–H and O–H groups in total. The predicted octanol–water partition coefficient (Wildman–Crippen LogP) is 4.93. The summed E-state index contributed by atoms with van der Waals surface area (Å²) in [5.74, 6) is 0.190. The smallest absolute Gasteiger partial charge is 0.378 e. The third kappa shape index (κ3) is 5.06. The van der Waals surface area contributed by atoms with Crippen LogP contribution in [0.25, 0.3) is 10.9 Å². The van der Waals surface area contributed by atoms with Gasteiger partial charge in [-0.1, -0.05) is 12.1 Å². The molecule has 1 fully saturated rings. The van der Waals surface area contributed by atoms with Gasteiger partial charge >= 0.3 is 6.18 Å². The van der Waals surface area contributed by atoms with Gasteiger partial charge in [-0.15, -0.1) is 0 Å². The van der Waals surface area contributed by atoms with Crippen LogP contribution in [0.3, 0.4) is 0 Å². The number of anilines is 2. The Kier molecular flexibility index (Phi) is 6.43. The number of hydrogen-bond donors (Lipinski definition) is 3. The number of fused-ring (bicyclic) bond motifs is 1. The summed E-state index contributed by atoms with van der Waals surface area (Å²) in [7, 11) is 0. The van der Waals surface area contributed by atoms with Crippen LogP contribution in [-0.2, 0) is 10.3 Å². The molecule has 1 aliphatic heterocycles. The second kappa shape index (κ2) is 8.94. The summed E-state index contributed by atoms with van der Waals surface area (Å²) in [6.45, 7) is 7.01. The molecule has 1 aromatic carbocycles. The van der Waals surface area contributed by atoms with Gasteiger partial charge < -0.3 is 15.0 Å². The molecule has 190 valence electrons. The second-order valence-electron chi connectivity index (χ2n) is 10.1. The van der Waals surface area contributed by atoms with Gasteiger partial charge in [-0.05, 0) is 57.9 Å². The van der Waals surface area contributed by atoms with Gasteiger partial charge in [-0.2, -0.15) is 18.3 Å². The molecular formula is C24H29F4N5O2. The van der Waals surface area contributed by atoms with E-state index in [9.17, 15) is 22.4 Å². The third-order valence-corrected chi connectivity index (χ3v) is 6.19. The van der Waals surface area contributed by atoms with Crippen LogP contribution in [0.1, 0.15) is 45.7 Å². The minimum Gasteiger partial charge on any atom is -0.378 e. The summed E-state index contributed by atoms with van der Waals surface area (Å²) in [4.78, 5) is 15.3. The van der Waals surface area contributed by atoms with E-state index in [2.05, 4.69) is 20.7 Å². The fourth-order valence-corrected chi connectivity index (χ4v) is 4.28. The predicted molar refractivity (Wildman–Crippen MR) is 126 cm³/mol. The lowest BCUT2D eigenvalue weighted by atomic mass is 9.90. The highest BCUT2D eigenvalue weighted by molar-refractivity contribution is 5.91. The lowest BCUT2D eigenvalue weighted by Gasteiger charge is -2.37. The molecule has 7 nitrogen and oxygen atoms in total. The van der Waals surface area contributed by atoms with Crippen LogP contribution in [-0.4, -0.2) is 45.9 Å². The first-order valence-corrected chi connectivity index (χ1v) is 11.3. The number of rotatable bonds is 5. The highest BCUT2D eigenvalue weighted by atomic mass is 19.4. The minimum absolute atomic E-state index is 0.0567. The third-order valence-electron chi connectivity index (χ3n) is 6.19. The van der Waals surface area contributed by atoms with Gasteiger partial charge in [0.25, 0.3) is 5.56 Å². The van der Waals surface area contributed by atoms with Gasteiger partial charge in [0.1, 0.15) is 17.6 Å². The van der Waals surface area contributed by atoms with Crippen molar-refractivity contribution >= 4 is 22.4 Å². The monoisotopic (exact) mass is 495 g/mol. The first kappa shape index (κ1) is 25.2. The fraction of sp³-hybridized carbons (Fsp3) is 0.500. The van der Waals surface area contributed by atoms with Gasteiger partial charge in [0.2, 0.25) is 0 Å². The Labute approximate surface area is 199 Å². The molecule has 0 radical (unpaired) electrons. The van der Waals surface area contributed by atoms with Crippen LogP contribution in [0.2, 0.25) is 0 Å². The average Bonchev–Trinajstić information content (AvgIpc) is 3.14. The van der Waals surface area contributed by atoms with Crippen molar-refractivity contribution in [3.63, 3.8) is 0 Å². The largest absolute Gasteiger partial charge is 0.407 e. The van der Waals surface area contributed by atoms with E-state index in [-0.39, 0.29) is 23.4 Å². The molecule has 1 aliphatic rings. The van der Waals surface area contributed by atoms with Crippen molar-refractivity contribution in [3.8, 4) is 0 Å². The normalized spacial score (nSPS) is 22.3. The number of nitrogens with one attached hydrogen (secondary N) is 3. The fourth-order valence-electron chi connectivity index (χ4n) is 4.28. The van der Waals surface area contributed by atoms with Gasteiger partial charge in [0, 0.05) is 24.0 Å². The second-order valence-corrected chi connectivity index (χ2v) is 10.1. The van der Waals surface area contributed by atoms with Crippen molar-refractivity contribution in [2.75, 3.05) is 18.5 Å². The maximum Gasteiger partial charge on any atom is 0.407 e. The van der Waals surface area contributed by atoms with E-state index in [1.165, 1.54) is 35.1 Å². The molecule has 0 spiro atoms. The Morgan fingerprint density at radius 3 is 2.49 bits per heavy atom. The summed E-state index contributed by atoms with van der Waals surface area (Å²) in [6.07, 6.45) is -3.98. The molecule has 0 unspecified atom stereocenters. The lowest BCUT2D eigenvalue weighted by molar-refractivity contribution is -0.161. The molecule has 3 atom stereocenters. The van der Waals surface area contributed by atoms with Gasteiger partial charge in [0.05, 0.1) is 17.7 Å². The zero-order valence-electron chi connectivity index (χ0n) is 20.0. The Morgan fingerprint density at radius 1 is 1.20 bits per heavy atom. The number of ether oxygens (including phenoxy) is 1.